The lowest BCUT2D eigenvalue weighted by Gasteiger charge is -2.29. The maximum Gasteiger partial charge on any atom is 0.255 e. The smallest absolute Gasteiger partial charge is 0.255 e. The van der Waals surface area contributed by atoms with Gasteiger partial charge in [0.15, 0.2) is 0 Å². The Morgan fingerprint density at radius 1 is 1.06 bits per heavy atom. The molecule has 0 aromatic heterocycles. The summed E-state index contributed by atoms with van der Waals surface area (Å²) in [6.45, 7) is 2.85. The normalized spacial score (nSPS) is 20.2. The number of piperidine rings is 1. The first-order valence-corrected chi connectivity index (χ1v) is 10.9. The number of imide groups is 1. The second-order valence-electron chi connectivity index (χ2n) is 8.47. The van der Waals surface area contributed by atoms with Crippen molar-refractivity contribution in [3.63, 3.8) is 0 Å². The van der Waals surface area contributed by atoms with Crippen LogP contribution in [0.1, 0.15) is 51.9 Å². The molecule has 0 aliphatic carbocycles. The summed E-state index contributed by atoms with van der Waals surface area (Å²) >= 11 is 0. The van der Waals surface area contributed by atoms with Crippen LogP contribution >= 0.6 is 0 Å². The zero-order valence-electron chi connectivity index (χ0n) is 17.4. The molecule has 0 spiro atoms. The Kier molecular flexibility index (Phi) is 5.19. The summed E-state index contributed by atoms with van der Waals surface area (Å²) in [5.74, 6) is -0.777. The summed E-state index contributed by atoms with van der Waals surface area (Å²) in [5.41, 5.74) is 6.55. The molecule has 1 atom stereocenters. The third-order valence-electron chi connectivity index (χ3n) is 6.43. The van der Waals surface area contributed by atoms with Crippen LogP contribution in [0.4, 0.5) is 5.69 Å². The molecule has 3 heterocycles. The van der Waals surface area contributed by atoms with E-state index in [2.05, 4.69) is 34.1 Å². The van der Waals surface area contributed by atoms with E-state index in [1.807, 2.05) is 18.2 Å². The molecular formula is C24H26N4O3. The Balaban J connectivity index is 1.26. The summed E-state index contributed by atoms with van der Waals surface area (Å²) in [7, 11) is 0. The summed E-state index contributed by atoms with van der Waals surface area (Å²) in [5, 5.41) is 9.29. The molecule has 3 aliphatic heterocycles. The van der Waals surface area contributed by atoms with E-state index < -0.39 is 6.04 Å². The zero-order valence-corrected chi connectivity index (χ0v) is 17.4. The predicted molar refractivity (Wildman–Crippen MR) is 116 cm³/mol. The van der Waals surface area contributed by atoms with E-state index in [-0.39, 0.29) is 24.1 Å². The van der Waals surface area contributed by atoms with Crippen molar-refractivity contribution in [1.29, 1.82) is 0 Å². The molecule has 0 radical (unpaired) electrons. The molecule has 3 N–H and O–H groups in total. The summed E-state index contributed by atoms with van der Waals surface area (Å²) in [4.78, 5) is 38.3. The Morgan fingerprint density at radius 2 is 1.97 bits per heavy atom. The van der Waals surface area contributed by atoms with Crippen molar-refractivity contribution >= 4 is 23.4 Å². The van der Waals surface area contributed by atoms with Crippen molar-refractivity contribution in [3.05, 3.63) is 64.2 Å². The number of carbonyl (C=O) groups excluding carboxylic acids is 3. The fraction of sp³-hybridized carbons (Fsp3) is 0.375. The van der Waals surface area contributed by atoms with Crippen molar-refractivity contribution in [2.45, 2.75) is 51.4 Å². The van der Waals surface area contributed by atoms with Gasteiger partial charge in [0.1, 0.15) is 6.04 Å². The van der Waals surface area contributed by atoms with Crippen LogP contribution in [0.3, 0.4) is 0 Å². The third kappa shape index (κ3) is 3.81. The van der Waals surface area contributed by atoms with Gasteiger partial charge in [0.2, 0.25) is 11.8 Å². The van der Waals surface area contributed by atoms with E-state index in [0.717, 1.165) is 37.1 Å². The standard InChI is InChI=1S/C24H26N4O3/c29-22-9-8-21(23(30)27-22)28-14-19-17(3-1-5-18(19)24(28)31)13-25-12-15-6-7-20-16(11-15)4-2-10-26-20/h1,3,5-7,11,21,25-26H,2,4,8-10,12-14H2,(H,27,29,30). The monoisotopic (exact) mass is 418 g/mol. The molecule has 1 fully saturated rings. The number of carbonyl (C=O) groups is 3. The fourth-order valence-electron chi connectivity index (χ4n) is 4.80. The van der Waals surface area contributed by atoms with E-state index >= 15 is 0 Å². The van der Waals surface area contributed by atoms with Gasteiger partial charge in [0.05, 0.1) is 0 Å². The molecule has 160 valence electrons. The molecule has 31 heavy (non-hydrogen) atoms. The highest BCUT2D eigenvalue weighted by Crippen LogP contribution is 2.30. The number of hydrogen-bond acceptors (Lipinski definition) is 5. The van der Waals surface area contributed by atoms with E-state index in [1.165, 1.54) is 16.8 Å². The lowest BCUT2D eigenvalue weighted by molar-refractivity contribution is -0.136. The van der Waals surface area contributed by atoms with Crippen LogP contribution in [-0.2, 0) is 35.6 Å². The van der Waals surface area contributed by atoms with Crippen LogP contribution in [0, 0.1) is 0 Å². The van der Waals surface area contributed by atoms with Gasteiger partial charge in [-0.15, -0.1) is 0 Å². The van der Waals surface area contributed by atoms with Crippen LogP contribution in [0.2, 0.25) is 0 Å². The van der Waals surface area contributed by atoms with Crippen LogP contribution in [0.15, 0.2) is 36.4 Å². The third-order valence-corrected chi connectivity index (χ3v) is 6.43. The number of benzene rings is 2. The first kappa shape index (κ1) is 19.8. The molecule has 0 saturated carbocycles. The van der Waals surface area contributed by atoms with Gasteiger partial charge >= 0.3 is 0 Å². The Morgan fingerprint density at radius 3 is 2.84 bits per heavy atom. The van der Waals surface area contributed by atoms with E-state index in [1.54, 1.807) is 4.90 Å². The first-order chi connectivity index (χ1) is 15.1. The van der Waals surface area contributed by atoms with Gasteiger partial charge in [0.25, 0.3) is 5.91 Å². The molecule has 3 aliphatic rings. The van der Waals surface area contributed by atoms with Crippen molar-refractivity contribution in [2.24, 2.45) is 0 Å². The Bertz CT molecular complexity index is 1060. The first-order valence-electron chi connectivity index (χ1n) is 10.9. The molecular weight excluding hydrogens is 392 g/mol. The van der Waals surface area contributed by atoms with Crippen molar-refractivity contribution in [2.75, 3.05) is 11.9 Å². The number of rotatable bonds is 5. The molecule has 0 bridgehead atoms. The number of anilines is 1. The molecule has 1 unspecified atom stereocenters. The second kappa shape index (κ2) is 8.15. The Labute approximate surface area is 181 Å². The maximum atomic E-state index is 12.9. The molecule has 1 saturated heterocycles. The van der Waals surface area contributed by atoms with Gasteiger partial charge in [-0.1, -0.05) is 24.3 Å². The average Bonchev–Trinajstić information content (AvgIpc) is 3.11. The van der Waals surface area contributed by atoms with Crippen molar-refractivity contribution in [3.8, 4) is 0 Å². The Hall–Kier alpha value is -3.19. The maximum absolute atomic E-state index is 12.9. The highest BCUT2D eigenvalue weighted by atomic mass is 16.2. The number of aryl methyl sites for hydroxylation is 1. The van der Waals surface area contributed by atoms with Crippen LogP contribution in [0.25, 0.3) is 0 Å². The lowest BCUT2D eigenvalue weighted by atomic mass is 10.0. The van der Waals surface area contributed by atoms with Crippen molar-refractivity contribution in [1.82, 2.24) is 15.5 Å². The minimum Gasteiger partial charge on any atom is -0.385 e. The number of fused-ring (bicyclic) bond motifs is 2. The van der Waals surface area contributed by atoms with Gasteiger partial charge in [-0.2, -0.15) is 0 Å². The topological polar surface area (TPSA) is 90.5 Å². The van der Waals surface area contributed by atoms with E-state index in [9.17, 15) is 14.4 Å². The van der Waals surface area contributed by atoms with Gasteiger partial charge in [-0.25, -0.2) is 0 Å². The van der Waals surface area contributed by atoms with E-state index in [4.69, 9.17) is 0 Å². The van der Waals surface area contributed by atoms with Gasteiger partial charge in [-0.05, 0) is 53.6 Å². The van der Waals surface area contributed by atoms with E-state index in [0.29, 0.717) is 25.1 Å². The average molecular weight is 418 g/mol. The quantitative estimate of drug-likeness (QED) is 0.647. The zero-order chi connectivity index (χ0) is 21.4. The molecule has 2 aromatic rings. The lowest BCUT2D eigenvalue weighted by Crippen LogP contribution is -2.52. The largest absolute Gasteiger partial charge is 0.385 e. The molecule has 5 rings (SSSR count). The minimum absolute atomic E-state index is 0.131. The number of nitrogens with zero attached hydrogens (tertiary/aromatic N) is 1. The fourth-order valence-corrected chi connectivity index (χ4v) is 4.80. The SMILES string of the molecule is O=C1CCC(N2Cc3c(CNCc4ccc5c(c4)CCCN5)cccc3C2=O)C(=O)N1. The van der Waals surface area contributed by atoms with Crippen LogP contribution in [0.5, 0.6) is 0 Å². The van der Waals surface area contributed by atoms with Gasteiger partial charge in [0, 0.05) is 43.9 Å². The number of hydrogen-bond donors (Lipinski definition) is 3. The minimum atomic E-state index is -0.581. The van der Waals surface area contributed by atoms with Crippen molar-refractivity contribution < 1.29 is 14.4 Å². The summed E-state index contributed by atoms with van der Waals surface area (Å²) in [6, 6.07) is 11.7. The molecule has 7 heteroatoms. The summed E-state index contributed by atoms with van der Waals surface area (Å²) in [6.07, 6.45) is 2.92. The summed E-state index contributed by atoms with van der Waals surface area (Å²) < 4.78 is 0. The molecule has 2 aromatic carbocycles. The number of nitrogens with one attached hydrogen (secondary N) is 3. The predicted octanol–water partition coefficient (Wildman–Crippen LogP) is 2.10. The van der Waals surface area contributed by atoms with Gasteiger partial charge in [-0.3, -0.25) is 19.7 Å². The molecule has 3 amide bonds. The highest BCUT2D eigenvalue weighted by molar-refractivity contribution is 6.05. The van der Waals surface area contributed by atoms with Gasteiger partial charge < -0.3 is 15.5 Å². The van der Waals surface area contributed by atoms with Crippen LogP contribution in [-0.4, -0.2) is 35.2 Å². The highest BCUT2D eigenvalue weighted by Gasteiger charge is 2.39. The molecule has 7 nitrogen and oxygen atoms in total. The van der Waals surface area contributed by atoms with Crippen LogP contribution < -0.4 is 16.0 Å². The second-order valence-corrected chi connectivity index (χ2v) is 8.47. The number of amides is 3.